The number of amides is 1. The van der Waals surface area contributed by atoms with Gasteiger partial charge in [0, 0.05) is 24.9 Å². The maximum atomic E-state index is 12.7. The van der Waals surface area contributed by atoms with Crippen molar-refractivity contribution < 1.29 is 28.6 Å². The molecule has 1 saturated heterocycles. The van der Waals surface area contributed by atoms with E-state index in [1.54, 1.807) is 20.8 Å². The van der Waals surface area contributed by atoms with E-state index in [2.05, 4.69) is 0 Å². The Balaban J connectivity index is 2.40. The van der Waals surface area contributed by atoms with E-state index in [9.17, 15) is 14.4 Å². The lowest BCUT2D eigenvalue weighted by Gasteiger charge is -2.50. The molecule has 2 aliphatic rings. The fourth-order valence-electron chi connectivity index (χ4n) is 2.58. The average Bonchev–Trinajstić information content (AvgIpc) is 2.43. The number of hydrogen-bond donors (Lipinski definition) is 0. The van der Waals surface area contributed by atoms with Crippen LogP contribution in [0.15, 0.2) is 11.3 Å². The maximum absolute atomic E-state index is 12.7. The Morgan fingerprint density at radius 2 is 1.92 bits per heavy atom. The van der Waals surface area contributed by atoms with Crippen LogP contribution in [0.4, 0.5) is 0 Å². The highest BCUT2D eigenvalue weighted by Crippen LogP contribution is 2.45. The second-order valence-electron chi connectivity index (χ2n) is 6.69. The Morgan fingerprint density at radius 3 is 2.42 bits per heavy atom. The minimum Gasteiger partial charge on any atom is -0.461 e. The predicted molar refractivity (Wildman–Crippen MR) is 88.0 cm³/mol. The van der Waals surface area contributed by atoms with Gasteiger partial charge in [0.05, 0.1) is 0 Å². The molecule has 0 aromatic heterocycles. The zero-order valence-corrected chi connectivity index (χ0v) is 15.6. The molecule has 0 aromatic rings. The van der Waals surface area contributed by atoms with Crippen molar-refractivity contribution in [1.29, 1.82) is 0 Å². The predicted octanol–water partition coefficient (Wildman–Crippen LogP) is 1.46. The van der Waals surface area contributed by atoms with E-state index in [0.29, 0.717) is 5.57 Å². The number of ether oxygens (including phenoxy) is 3. The Labute approximate surface area is 145 Å². The third-order valence-corrected chi connectivity index (χ3v) is 5.08. The van der Waals surface area contributed by atoms with Gasteiger partial charge in [-0.1, -0.05) is 0 Å². The molecule has 0 saturated carbocycles. The van der Waals surface area contributed by atoms with Gasteiger partial charge < -0.3 is 14.2 Å². The summed E-state index contributed by atoms with van der Waals surface area (Å²) in [7, 11) is 1.47. The SMILES string of the molecule is CO[C@H]1C(=O)N2C(C(=O)OC(C)(C)C)=C(COC(C)=O)C(C)S[C@@H]12. The number of rotatable bonds is 4. The molecule has 24 heavy (non-hydrogen) atoms. The number of hydrogen-bond acceptors (Lipinski definition) is 7. The summed E-state index contributed by atoms with van der Waals surface area (Å²) in [4.78, 5) is 37.6. The number of β-lactam (4-membered cyclic amide) rings is 1. The van der Waals surface area contributed by atoms with Gasteiger partial charge in [0.25, 0.3) is 5.91 Å². The molecule has 2 heterocycles. The van der Waals surface area contributed by atoms with Gasteiger partial charge in [-0.3, -0.25) is 14.5 Å². The van der Waals surface area contributed by atoms with E-state index >= 15 is 0 Å². The lowest BCUT2D eigenvalue weighted by molar-refractivity contribution is -0.167. The Kier molecular flexibility index (Phi) is 5.29. The smallest absolute Gasteiger partial charge is 0.355 e. The van der Waals surface area contributed by atoms with Crippen LogP contribution < -0.4 is 0 Å². The monoisotopic (exact) mass is 357 g/mol. The van der Waals surface area contributed by atoms with Crippen LogP contribution >= 0.6 is 11.8 Å². The number of carbonyl (C=O) groups is 3. The Morgan fingerprint density at radius 1 is 1.29 bits per heavy atom. The second-order valence-corrected chi connectivity index (χ2v) is 8.15. The maximum Gasteiger partial charge on any atom is 0.355 e. The zero-order valence-electron chi connectivity index (χ0n) is 14.7. The van der Waals surface area contributed by atoms with E-state index < -0.39 is 23.6 Å². The molecule has 0 aliphatic carbocycles. The minimum absolute atomic E-state index is 0.0494. The van der Waals surface area contributed by atoms with Crippen LogP contribution in [0.5, 0.6) is 0 Å². The third-order valence-electron chi connectivity index (χ3n) is 3.65. The highest BCUT2D eigenvalue weighted by atomic mass is 32.2. The largest absolute Gasteiger partial charge is 0.461 e. The van der Waals surface area contributed by atoms with Gasteiger partial charge in [-0.05, 0) is 27.7 Å². The molecule has 0 N–H and O–H groups in total. The Hall–Kier alpha value is -1.54. The van der Waals surface area contributed by atoms with Crippen molar-refractivity contribution in [1.82, 2.24) is 4.90 Å². The van der Waals surface area contributed by atoms with E-state index in [4.69, 9.17) is 14.2 Å². The summed E-state index contributed by atoms with van der Waals surface area (Å²) in [6.45, 7) is 8.42. The van der Waals surface area contributed by atoms with Crippen molar-refractivity contribution in [2.45, 2.75) is 56.9 Å². The van der Waals surface area contributed by atoms with Gasteiger partial charge in [-0.25, -0.2) is 4.79 Å². The van der Waals surface area contributed by atoms with Gasteiger partial charge in [0.15, 0.2) is 6.10 Å². The van der Waals surface area contributed by atoms with Crippen molar-refractivity contribution in [2.75, 3.05) is 13.7 Å². The standard InChI is InChI=1S/C16H23NO6S/c1-8-10(7-22-9(2)18)11(15(20)23-16(3,4)5)17-13(19)12(21-6)14(17)24-8/h8,12,14H,7H2,1-6H3/t8?,12-,14-/m0/s1. The summed E-state index contributed by atoms with van der Waals surface area (Å²) < 4.78 is 15.7. The third kappa shape index (κ3) is 3.59. The minimum atomic E-state index is -0.700. The van der Waals surface area contributed by atoms with E-state index in [0.717, 1.165) is 0 Å². The van der Waals surface area contributed by atoms with Crippen molar-refractivity contribution in [2.24, 2.45) is 0 Å². The van der Waals surface area contributed by atoms with Gasteiger partial charge >= 0.3 is 11.9 Å². The fourth-order valence-corrected chi connectivity index (χ4v) is 4.05. The first-order valence-electron chi connectivity index (χ1n) is 7.68. The van der Waals surface area contributed by atoms with Crippen LogP contribution in [-0.2, 0) is 28.6 Å². The summed E-state index contributed by atoms with van der Waals surface area (Å²) in [5.74, 6) is -1.33. The normalized spacial score (nSPS) is 26.7. The summed E-state index contributed by atoms with van der Waals surface area (Å²) in [5, 5.41) is -0.389. The summed E-state index contributed by atoms with van der Waals surface area (Å²) in [6, 6.07) is 0. The topological polar surface area (TPSA) is 82.1 Å². The molecule has 8 heteroatoms. The molecule has 1 unspecified atom stereocenters. The van der Waals surface area contributed by atoms with Crippen LogP contribution in [0.3, 0.4) is 0 Å². The molecule has 134 valence electrons. The van der Waals surface area contributed by atoms with Gasteiger partial charge in [-0.15, -0.1) is 11.8 Å². The van der Waals surface area contributed by atoms with Gasteiger partial charge in [0.2, 0.25) is 0 Å². The quantitative estimate of drug-likeness (QED) is 0.556. The van der Waals surface area contributed by atoms with E-state index in [-0.39, 0.29) is 28.8 Å². The second kappa shape index (κ2) is 6.76. The lowest BCUT2D eigenvalue weighted by Crippen LogP contribution is -2.66. The first kappa shape index (κ1) is 18.8. The molecular formula is C16H23NO6S. The highest BCUT2D eigenvalue weighted by molar-refractivity contribution is 8.00. The molecule has 0 radical (unpaired) electrons. The molecule has 1 fully saturated rings. The lowest BCUT2D eigenvalue weighted by atomic mass is 10.0. The van der Waals surface area contributed by atoms with Crippen LogP contribution in [0.25, 0.3) is 0 Å². The van der Waals surface area contributed by atoms with Crippen molar-refractivity contribution in [3.8, 4) is 0 Å². The molecular weight excluding hydrogens is 334 g/mol. The molecule has 2 rings (SSSR count). The van der Waals surface area contributed by atoms with Crippen LogP contribution in [-0.4, -0.2) is 58.8 Å². The molecule has 0 spiro atoms. The molecule has 2 aliphatic heterocycles. The fraction of sp³-hybridized carbons (Fsp3) is 0.688. The summed E-state index contributed by atoms with van der Waals surface area (Å²) >= 11 is 1.49. The summed E-state index contributed by atoms with van der Waals surface area (Å²) in [5.41, 5.74) is 0.0402. The number of fused-ring (bicyclic) bond motifs is 1. The molecule has 3 atom stereocenters. The Bertz CT molecular complexity index is 594. The van der Waals surface area contributed by atoms with Crippen LogP contribution in [0.1, 0.15) is 34.6 Å². The van der Waals surface area contributed by atoms with Crippen LogP contribution in [0.2, 0.25) is 0 Å². The molecule has 1 amide bonds. The van der Waals surface area contributed by atoms with Crippen molar-refractivity contribution in [3.63, 3.8) is 0 Å². The number of carbonyl (C=O) groups excluding carboxylic acids is 3. The first-order valence-corrected chi connectivity index (χ1v) is 8.62. The van der Waals surface area contributed by atoms with Gasteiger partial charge in [0.1, 0.15) is 23.3 Å². The molecule has 7 nitrogen and oxygen atoms in total. The zero-order chi connectivity index (χ0) is 18.2. The number of thioether (sulfide) groups is 1. The molecule has 0 bridgehead atoms. The van der Waals surface area contributed by atoms with E-state index in [1.807, 2.05) is 6.92 Å². The number of methoxy groups -OCH3 is 1. The van der Waals surface area contributed by atoms with Gasteiger partial charge in [-0.2, -0.15) is 0 Å². The average molecular weight is 357 g/mol. The number of esters is 2. The van der Waals surface area contributed by atoms with Crippen molar-refractivity contribution in [3.05, 3.63) is 11.3 Å². The van der Waals surface area contributed by atoms with E-state index in [1.165, 1.54) is 30.7 Å². The van der Waals surface area contributed by atoms with Crippen molar-refractivity contribution >= 4 is 29.6 Å². The molecule has 0 aromatic carbocycles. The highest BCUT2D eigenvalue weighted by Gasteiger charge is 2.56. The first-order chi connectivity index (χ1) is 11.1. The number of nitrogens with zero attached hydrogens (tertiary/aromatic N) is 1. The summed E-state index contributed by atoms with van der Waals surface area (Å²) in [6.07, 6.45) is -0.579. The van der Waals surface area contributed by atoms with Crippen LogP contribution in [0, 0.1) is 0 Å².